The largest absolute Gasteiger partial charge is 0.495 e. The highest BCUT2D eigenvalue weighted by molar-refractivity contribution is 6.41. The second-order valence-corrected chi connectivity index (χ2v) is 16.1. The standard InChI is InChI=1S/C42H46Cl2N8O7/c1-52(2,26-27-11-14-45-41(27)51(55)56)19-5-6-37(53)49-15-12-31(13-16-49)50-33-23-36(47-29-7-9-30(10-8-29)48-17-20-59-21-18-48)46-25-28(33)22-32(42(50)54)38-39(43)34(57-3)24-35(58-4)40(38)44/h5-10,14,22-25,31H,11-13,15-21,26H2,1-4H3/p+1/b6-5+. The quantitative estimate of drug-likeness (QED) is 0.0664. The zero-order chi connectivity index (χ0) is 41.8. The van der Waals surface area contributed by atoms with Crippen molar-refractivity contribution < 1.29 is 28.4 Å². The lowest BCUT2D eigenvalue weighted by molar-refractivity contribution is -0.880. The number of piperidine rings is 1. The number of rotatable bonds is 13. The van der Waals surface area contributed by atoms with Crippen LogP contribution in [0.3, 0.4) is 0 Å². The maximum atomic E-state index is 14.8. The molecule has 2 aromatic carbocycles. The van der Waals surface area contributed by atoms with Crippen LogP contribution in [0.2, 0.25) is 10.0 Å². The number of nitrogens with one attached hydrogen (secondary N) is 1. The van der Waals surface area contributed by atoms with Crippen molar-refractivity contribution in [2.45, 2.75) is 25.3 Å². The van der Waals surface area contributed by atoms with E-state index in [1.165, 1.54) is 14.2 Å². The van der Waals surface area contributed by atoms with Crippen LogP contribution < -0.4 is 25.2 Å². The number of hydrogen-bond donors (Lipinski definition) is 1. The lowest BCUT2D eigenvalue weighted by Gasteiger charge is -2.33. The Morgan fingerprint density at radius 3 is 2.36 bits per heavy atom. The van der Waals surface area contributed by atoms with Crippen LogP contribution in [-0.4, -0.2) is 117 Å². The molecular weight excluding hydrogens is 799 g/mol. The minimum atomic E-state index is -0.450. The normalized spacial score (nSPS) is 16.4. The molecule has 0 aliphatic carbocycles. The number of nitrogens with zero attached hydrogens (tertiary/aromatic N) is 7. The van der Waals surface area contributed by atoms with Crippen molar-refractivity contribution in [3.8, 4) is 22.6 Å². The van der Waals surface area contributed by atoms with Crippen molar-refractivity contribution in [3.05, 3.63) is 103 Å². The molecule has 2 fully saturated rings. The molecule has 0 spiro atoms. The molecule has 59 heavy (non-hydrogen) atoms. The van der Waals surface area contributed by atoms with Gasteiger partial charge in [-0.15, -0.1) is 0 Å². The van der Waals surface area contributed by atoms with E-state index < -0.39 is 4.92 Å². The molecule has 7 rings (SSSR count). The maximum Gasteiger partial charge on any atom is 0.368 e. The summed E-state index contributed by atoms with van der Waals surface area (Å²) in [5, 5.41) is 15.8. The Kier molecular flexibility index (Phi) is 12.6. The summed E-state index contributed by atoms with van der Waals surface area (Å²) in [6, 6.07) is 13.0. The summed E-state index contributed by atoms with van der Waals surface area (Å²) in [6.07, 6.45) is 8.12. The van der Waals surface area contributed by atoms with Crippen LogP contribution in [0.1, 0.15) is 25.3 Å². The number of likely N-dealkylation sites (tertiary alicyclic amines) is 1. The van der Waals surface area contributed by atoms with Gasteiger partial charge in [0.25, 0.3) is 5.56 Å². The number of hydrogen-bond acceptors (Lipinski definition) is 11. The van der Waals surface area contributed by atoms with E-state index >= 15 is 0 Å². The minimum absolute atomic E-state index is 0.0934. The molecule has 1 N–H and O–H groups in total. The summed E-state index contributed by atoms with van der Waals surface area (Å²) in [4.78, 5) is 51.9. The lowest BCUT2D eigenvalue weighted by Crippen LogP contribution is -2.42. The number of fused-ring (bicyclic) bond motifs is 1. The molecule has 5 heterocycles. The summed E-state index contributed by atoms with van der Waals surface area (Å²) in [5.74, 6) is 0.936. The van der Waals surface area contributed by atoms with Gasteiger partial charge in [-0.05, 0) is 54.2 Å². The lowest BCUT2D eigenvalue weighted by atomic mass is 10.00. The molecule has 0 saturated carbocycles. The van der Waals surface area contributed by atoms with E-state index in [1.807, 2.05) is 38.4 Å². The van der Waals surface area contributed by atoms with Gasteiger partial charge >= 0.3 is 5.82 Å². The minimum Gasteiger partial charge on any atom is -0.495 e. The second kappa shape index (κ2) is 17.8. The van der Waals surface area contributed by atoms with Gasteiger partial charge in [-0.1, -0.05) is 28.2 Å². The summed E-state index contributed by atoms with van der Waals surface area (Å²) < 4.78 is 18.8. The number of nitro groups is 1. The zero-order valence-electron chi connectivity index (χ0n) is 33.5. The van der Waals surface area contributed by atoms with Gasteiger partial charge in [0.15, 0.2) is 0 Å². The molecule has 0 bridgehead atoms. The molecule has 2 aromatic heterocycles. The molecule has 4 aromatic rings. The highest BCUT2D eigenvalue weighted by Gasteiger charge is 2.30. The number of aliphatic imine (C=N–C) groups is 1. The summed E-state index contributed by atoms with van der Waals surface area (Å²) in [6.45, 7) is 4.84. The first-order valence-corrected chi connectivity index (χ1v) is 20.1. The number of likely N-dealkylation sites (N-methyl/N-ethyl adjacent to an activating group) is 1. The van der Waals surface area contributed by atoms with E-state index in [4.69, 9.17) is 42.4 Å². The first-order valence-electron chi connectivity index (χ1n) is 19.4. The van der Waals surface area contributed by atoms with Crippen molar-refractivity contribution in [3.63, 3.8) is 0 Å². The van der Waals surface area contributed by atoms with Crippen molar-refractivity contribution in [1.29, 1.82) is 0 Å². The highest BCUT2D eigenvalue weighted by Crippen LogP contribution is 2.46. The van der Waals surface area contributed by atoms with E-state index in [2.05, 4.69) is 27.3 Å². The Bertz CT molecular complexity index is 2370. The number of methoxy groups -OCH3 is 2. The predicted molar refractivity (Wildman–Crippen MR) is 230 cm³/mol. The SMILES string of the molecule is COc1cc(OC)c(Cl)c(-c2cc3cnc(Nc4ccc(N5CCOCC5)cc4)cc3n(C3CCN(C(=O)/C=C/C[N+](C)(C)CC4=C([N+](=O)[O-])N=CC4)CC3)c2=O)c1Cl. The first kappa shape index (κ1) is 41.7. The molecule has 310 valence electrons. The van der Waals surface area contributed by atoms with Crippen LogP contribution in [0.15, 0.2) is 82.0 Å². The summed E-state index contributed by atoms with van der Waals surface area (Å²) >= 11 is 13.7. The van der Waals surface area contributed by atoms with Crippen molar-refractivity contribution >= 4 is 63.4 Å². The molecular formula is C42H47Cl2N8O7+. The van der Waals surface area contributed by atoms with E-state index in [9.17, 15) is 19.7 Å². The topological polar surface area (TPSA) is 154 Å². The molecule has 0 unspecified atom stereocenters. The average molecular weight is 847 g/mol. The fourth-order valence-electron chi connectivity index (χ4n) is 7.89. The highest BCUT2D eigenvalue weighted by atomic mass is 35.5. The number of pyridine rings is 2. The Hall–Kier alpha value is -5.48. The van der Waals surface area contributed by atoms with Gasteiger partial charge in [-0.3, -0.25) is 9.59 Å². The van der Waals surface area contributed by atoms with Gasteiger partial charge in [0.2, 0.25) is 5.91 Å². The van der Waals surface area contributed by atoms with Crippen LogP contribution in [0.25, 0.3) is 22.0 Å². The Morgan fingerprint density at radius 2 is 1.71 bits per heavy atom. The first-order chi connectivity index (χ1) is 28.4. The molecule has 3 aliphatic heterocycles. The number of halogens is 2. The molecule has 0 radical (unpaired) electrons. The van der Waals surface area contributed by atoms with Crippen LogP contribution in [0.5, 0.6) is 11.5 Å². The number of ether oxygens (including phenoxy) is 3. The summed E-state index contributed by atoms with van der Waals surface area (Å²) in [5.41, 5.74) is 3.53. The van der Waals surface area contributed by atoms with Crippen molar-refractivity contribution in [2.24, 2.45) is 4.99 Å². The molecule has 3 aliphatic rings. The molecule has 15 nitrogen and oxygen atoms in total. The predicted octanol–water partition coefficient (Wildman–Crippen LogP) is 6.73. The third kappa shape index (κ3) is 9.08. The van der Waals surface area contributed by atoms with E-state index in [-0.39, 0.29) is 44.5 Å². The van der Waals surface area contributed by atoms with Crippen LogP contribution >= 0.6 is 23.2 Å². The fourth-order valence-corrected chi connectivity index (χ4v) is 8.60. The van der Waals surface area contributed by atoms with Gasteiger partial charge in [0.1, 0.15) is 30.1 Å². The van der Waals surface area contributed by atoms with Gasteiger partial charge in [0.05, 0.1) is 74.8 Å². The molecule has 1 amide bonds. The Labute approximate surface area is 351 Å². The second-order valence-electron chi connectivity index (χ2n) is 15.4. The average Bonchev–Trinajstić information content (AvgIpc) is 3.69. The number of carbonyl (C=O) groups excluding carboxylic acids is 1. The third-order valence-corrected chi connectivity index (χ3v) is 11.7. The number of quaternary nitrogens is 1. The monoisotopic (exact) mass is 845 g/mol. The summed E-state index contributed by atoms with van der Waals surface area (Å²) in [7, 11) is 6.88. The number of amides is 1. The van der Waals surface area contributed by atoms with Gasteiger partial charge in [-0.2, -0.15) is 0 Å². The smallest absolute Gasteiger partial charge is 0.368 e. The number of morpholine rings is 1. The Morgan fingerprint density at radius 1 is 1.03 bits per heavy atom. The van der Waals surface area contributed by atoms with E-state index in [0.717, 1.165) is 24.5 Å². The van der Waals surface area contributed by atoms with Crippen molar-refractivity contribution in [2.75, 3.05) is 91.0 Å². The van der Waals surface area contributed by atoms with Gasteiger partial charge in [-0.25, -0.2) is 4.98 Å². The molecule has 17 heteroatoms. The maximum absolute atomic E-state index is 14.8. The van der Waals surface area contributed by atoms with E-state index in [1.54, 1.807) is 40.1 Å². The number of benzene rings is 2. The van der Waals surface area contributed by atoms with Crippen LogP contribution in [0.4, 0.5) is 17.2 Å². The Balaban J connectivity index is 1.16. The van der Waals surface area contributed by atoms with Crippen LogP contribution in [-0.2, 0) is 9.53 Å². The molecule has 2 saturated heterocycles. The number of carbonyl (C=O) groups is 1. The number of anilines is 3. The third-order valence-electron chi connectivity index (χ3n) is 10.9. The van der Waals surface area contributed by atoms with E-state index in [0.29, 0.717) is 96.9 Å². The van der Waals surface area contributed by atoms with Crippen LogP contribution in [0, 0.1) is 10.1 Å². The molecule has 0 atom stereocenters. The fraction of sp³-hybridized carbons (Fsp3) is 0.381. The zero-order valence-corrected chi connectivity index (χ0v) is 35.0. The van der Waals surface area contributed by atoms with Crippen molar-refractivity contribution in [1.82, 2.24) is 14.5 Å². The number of aromatic nitrogens is 2. The van der Waals surface area contributed by atoms with Gasteiger partial charge < -0.3 is 48.5 Å². The van der Waals surface area contributed by atoms with Gasteiger partial charge in [0, 0.05) is 85.4 Å².